The number of rotatable bonds is 13. The number of amides is 1. The summed E-state index contributed by atoms with van der Waals surface area (Å²) in [6.45, 7) is 4.10. The summed E-state index contributed by atoms with van der Waals surface area (Å²) in [5.74, 6) is -1.19. The monoisotopic (exact) mass is 581 g/mol. The van der Waals surface area contributed by atoms with Crippen LogP contribution >= 0.6 is 7.60 Å². The fourth-order valence-corrected chi connectivity index (χ4v) is 7.08. The molecule has 0 unspecified atom stereocenters. The summed E-state index contributed by atoms with van der Waals surface area (Å²) in [7, 11) is -9.22. The van der Waals surface area contributed by atoms with E-state index in [1.54, 1.807) is 24.3 Å². The summed E-state index contributed by atoms with van der Waals surface area (Å²) in [5.41, 5.74) is 6.88. The molecule has 3 atom stereocenters. The van der Waals surface area contributed by atoms with Gasteiger partial charge >= 0.3 is 6.09 Å². The van der Waals surface area contributed by atoms with Gasteiger partial charge in [0.05, 0.1) is 18.1 Å². The lowest BCUT2D eigenvalue weighted by molar-refractivity contribution is -0.314. The molecule has 1 fully saturated rings. The highest BCUT2D eigenvalue weighted by molar-refractivity contribution is 7.89. The van der Waals surface area contributed by atoms with Crippen LogP contribution in [-0.2, 0) is 30.5 Å². The Morgan fingerprint density at radius 1 is 1.15 bits per heavy atom. The van der Waals surface area contributed by atoms with Gasteiger partial charge in [-0.3, -0.25) is 0 Å². The van der Waals surface area contributed by atoms with Gasteiger partial charge in [0, 0.05) is 31.2 Å². The zero-order chi connectivity index (χ0) is 28.6. The minimum absolute atomic E-state index is 0.0169. The topological polar surface area (TPSA) is 174 Å². The normalized spacial score (nSPS) is 17.7. The Hall–Kier alpha value is -2.47. The molecule has 216 valence electrons. The van der Waals surface area contributed by atoms with E-state index in [0.29, 0.717) is 18.7 Å². The van der Waals surface area contributed by atoms with E-state index in [9.17, 15) is 27.6 Å². The zero-order valence-electron chi connectivity index (χ0n) is 22.1. The highest BCUT2D eigenvalue weighted by Crippen LogP contribution is 2.32. The molecule has 0 saturated carbocycles. The summed E-state index contributed by atoms with van der Waals surface area (Å²) < 4.78 is 51.2. The first kappa shape index (κ1) is 31.1. The number of anilines is 1. The number of sulfonamides is 1. The van der Waals surface area contributed by atoms with E-state index < -0.39 is 47.9 Å². The summed E-state index contributed by atoms with van der Waals surface area (Å²) in [6.07, 6.45) is -1.42. The van der Waals surface area contributed by atoms with Crippen molar-refractivity contribution in [2.24, 2.45) is 11.8 Å². The molecular weight excluding hydrogens is 545 g/mol. The van der Waals surface area contributed by atoms with Crippen LogP contribution in [0.2, 0.25) is 0 Å². The Kier molecular flexibility index (Phi) is 10.9. The Balaban J connectivity index is 1.96. The fourth-order valence-electron chi connectivity index (χ4n) is 4.47. The number of hydrogen-bond donors (Lipinski definition) is 2. The van der Waals surface area contributed by atoms with Gasteiger partial charge in [-0.1, -0.05) is 51.8 Å². The van der Waals surface area contributed by atoms with Crippen molar-refractivity contribution in [3.05, 3.63) is 60.2 Å². The molecule has 3 rings (SSSR count). The van der Waals surface area contributed by atoms with Crippen molar-refractivity contribution in [2.45, 2.75) is 43.7 Å². The van der Waals surface area contributed by atoms with E-state index in [1.807, 2.05) is 19.9 Å². The molecule has 1 heterocycles. The molecule has 11 nitrogen and oxygen atoms in total. The Morgan fingerprint density at radius 2 is 1.82 bits per heavy atom. The van der Waals surface area contributed by atoms with E-state index in [1.165, 1.54) is 28.6 Å². The molecule has 0 aromatic heterocycles. The Morgan fingerprint density at radius 3 is 2.38 bits per heavy atom. The number of hydrogen-bond acceptors (Lipinski definition) is 9. The maximum absolute atomic E-state index is 13.6. The average Bonchev–Trinajstić information content (AvgIpc) is 3.35. The van der Waals surface area contributed by atoms with Crippen LogP contribution < -0.4 is 20.8 Å². The van der Waals surface area contributed by atoms with E-state index in [4.69, 9.17) is 15.2 Å². The van der Waals surface area contributed by atoms with Crippen LogP contribution in [-0.4, -0.2) is 63.4 Å². The maximum atomic E-state index is 13.6. The summed E-state index contributed by atoms with van der Waals surface area (Å²) >= 11 is 0. The quantitative estimate of drug-likeness (QED) is 0.263. The molecule has 1 aliphatic heterocycles. The van der Waals surface area contributed by atoms with Crippen LogP contribution in [0.3, 0.4) is 0 Å². The Labute approximate surface area is 229 Å². The minimum Gasteiger partial charge on any atom is -0.811 e. The first-order valence-electron chi connectivity index (χ1n) is 12.8. The van der Waals surface area contributed by atoms with Gasteiger partial charge in [0.2, 0.25) is 10.0 Å². The summed E-state index contributed by atoms with van der Waals surface area (Å²) in [4.78, 5) is 36.9. The largest absolute Gasteiger partial charge is 0.811 e. The first-order valence-corrected chi connectivity index (χ1v) is 16.0. The second-order valence-electron chi connectivity index (χ2n) is 10.2. The molecule has 39 heavy (non-hydrogen) atoms. The van der Waals surface area contributed by atoms with Gasteiger partial charge in [0.15, 0.2) is 0 Å². The number of nitrogen functional groups attached to an aromatic ring is 1. The highest BCUT2D eigenvalue weighted by Gasteiger charge is 2.33. The van der Waals surface area contributed by atoms with Gasteiger partial charge in [-0.15, -0.1) is 0 Å². The molecular formula is C26H36N3O8PS-2. The van der Waals surface area contributed by atoms with Crippen LogP contribution in [0.25, 0.3) is 0 Å². The van der Waals surface area contributed by atoms with Gasteiger partial charge < -0.3 is 34.9 Å². The van der Waals surface area contributed by atoms with Gasteiger partial charge in [-0.05, 0) is 54.2 Å². The molecule has 1 saturated heterocycles. The van der Waals surface area contributed by atoms with E-state index in [-0.39, 0.29) is 36.9 Å². The zero-order valence-corrected chi connectivity index (χ0v) is 23.8. The molecule has 2 aromatic carbocycles. The standard InChI is InChI=1S/C26H38N3O8PS/c1-19(2)15-29(39(34,35)24-10-8-22(27)9-11-24)16-21(18-38(31,32)33)25(14-20-6-4-3-5-7-20)28-26(30)37-23-12-13-36-17-23/h3-11,19,21,23,25H,12-18,27H2,1-2H3,(H,28,30)(H2,31,32,33)/p-2/t21-,23-,25-/m0/s1. The summed E-state index contributed by atoms with van der Waals surface area (Å²) in [6, 6.07) is 13.7. The van der Waals surface area contributed by atoms with Crippen molar-refractivity contribution in [1.29, 1.82) is 0 Å². The van der Waals surface area contributed by atoms with Crippen LogP contribution in [0, 0.1) is 11.8 Å². The van der Waals surface area contributed by atoms with Crippen molar-refractivity contribution < 1.29 is 37.0 Å². The van der Waals surface area contributed by atoms with Crippen LogP contribution in [0.5, 0.6) is 0 Å². The smallest absolute Gasteiger partial charge is 0.407 e. The molecule has 0 bridgehead atoms. The molecule has 0 radical (unpaired) electrons. The van der Waals surface area contributed by atoms with E-state index in [2.05, 4.69) is 5.32 Å². The molecule has 1 amide bonds. The van der Waals surface area contributed by atoms with Gasteiger partial charge in [-0.2, -0.15) is 4.31 Å². The van der Waals surface area contributed by atoms with Crippen molar-refractivity contribution in [3.63, 3.8) is 0 Å². The minimum atomic E-state index is -5.12. The second kappa shape index (κ2) is 13.7. The predicted molar refractivity (Wildman–Crippen MR) is 143 cm³/mol. The fraction of sp³-hybridized carbons (Fsp3) is 0.500. The predicted octanol–water partition coefficient (Wildman–Crippen LogP) is 1.57. The number of ether oxygens (including phenoxy) is 2. The van der Waals surface area contributed by atoms with E-state index >= 15 is 0 Å². The third kappa shape index (κ3) is 9.90. The molecule has 0 spiro atoms. The Bertz CT molecular complexity index is 1220. The molecule has 1 aliphatic rings. The van der Waals surface area contributed by atoms with Gasteiger partial charge in [0.25, 0.3) is 0 Å². The molecule has 2 aromatic rings. The van der Waals surface area contributed by atoms with Gasteiger partial charge in [-0.25, -0.2) is 13.2 Å². The third-order valence-electron chi connectivity index (χ3n) is 6.32. The number of benzene rings is 2. The molecule has 13 heteroatoms. The molecule has 3 N–H and O–H groups in total. The SMILES string of the molecule is CC(C)CN(C[C@@H](CP(=O)([O-])[O-])[C@H](Cc1ccccc1)NC(=O)O[C@H]1CCOC1)S(=O)(=O)c1ccc(N)cc1. The third-order valence-corrected chi connectivity index (χ3v) is 9.08. The lowest BCUT2D eigenvalue weighted by atomic mass is 9.94. The number of carbonyl (C=O) groups excluding carboxylic acids is 1. The van der Waals surface area contributed by atoms with Crippen molar-refractivity contribution in [1.82, 2.24) is 9.62 Å². The van der Waals surface area contributed by atoms with Crippen molar-refractivity contribution in [2.75, 3.05) is 38.2 Å². The highest BCUT2D eigenvalue weighted by atomic mass is 32.2. The number of carbonyl (C=O) groups is 1. The second-order valence-corrected chi connectivity index (χ2v) is 13.7. The van der Waals surface area contributed by atoms with Crippen molar-refractivity contribution >= 4 is 29.4 Å². The first-order chi connectivity index (χ1) is 18.3. The molecule has 0 aliphatic carbocycles. The number of nitrogens with two attached hydrogens (primary N) is 1. The van der Waals surface area contributed by atoms with Crippen LogP contribution in [0.4, 0.5) is 10.5 Å². The number of alkyl carbamates (subject to hydrolysis) is 1. The van der Waals surface area contributed by atoms with Gasteiger partial charge in [0.1, 0.15) is 6.10 Å². The van der Waals surface area contributed by atoms with E-state index in [0.717, 1.165) is 5.56 Å². The lowest BCUT2D eigenvalue weighted by Gasteiger charge is -2.39. The average molecular weight is 582 g/mol. The van der Waals surface area contributed by atoms with Crippen LogP contribution in [0.1, 0.15) is 25.8 Å². The summed E-state index contributed by atoms with van der Waals surface area (Å²) in [5, 5.41) is 2.72. The number of nitrogens with zero attached hydrogens (tertiary/aromatic N) is 1. The maximum Gasteiger partial charge on any atom is 0.407 e. The lowest BCUT2D eigenvalue weighted by Crippen LogP contribution is -2.50. The van der Waals surface area contributed by atoms with Crippen molar-refractivity contribution in [3.8, 4) is 0 Å². The van der Waals surface area contributed by atoms with Crippen LogP contribution in [0.15, 0.2) is 59.5 Å². The number of nitrogens with one attached hydrogen (secondary N) is 1.